The van der Waals surface area contributed by atoms with Gasteiger partial charge in [-0.25, -0.2) is 0 Å². The monoisotopic (exact) mass is 333 g/mol. The molecule has 0 aromatic rings. The Morgan fingerprint density at radius 2 is 1.42 bits per heavy atom. The summed E-state index contributed by atoms with van der Waals surface area (Å²) in [4.78, 5) is 14.0. The summed E-state index contributed by atoms with van der Waals surface area (Å²) in [5.74, 6) is 1.31. The van der Waals surface area contributed by atoms with E-state index in [-0.39, 0.29) is 0 Å². The molecule has 1 aliphatic heterocycles. The maximum absolute atomic E-state index is 11.9. The first-order valence-electron chi connectivity index (χ1n) is 10.8. The van der Waals surface area contributed by atoms with Gasteiger partial charge in [0.2, 0.25) is 5.91 Å². The van der Waals surface area contributed by atoms with Crippen molar-refractivity contribution in [3.05, 3.63) is 12.2 Å². The van der Waals surface area contributed by atoms with Crippen LogP contribution < -0.4 is 0 Å². The third-order valence-electron chi connectivity index (χ3n) is 5.79. The SMILES string of the molecule is O=C(CCCCCCCCCCCCC1C=CCC1)N1CCCC1. The van der Waals surface area contributed by atoms with Gasteiger partial charge in [0.25, 0.3) is 0 Å². The van der Waals surface area contributed by atoms with E-state index in [9.17, 15) is 4.79 Å². The lowest BCUT2D eigenvalue weighted by Gasteiger charge is -2.14. The molecule has 0 bridgehead atoms. The molecule has 1 unspecified atom stereocenters. The minimum Gasteiger partial charge on any atom is -0.343 e. The molecule has 2 aliphatic rings. The summed E-state index contributed by atoms with van der Waals surface area (Å²) in [7, 11) is 0. The second kappa shape index (κ2) is 12.6. The number of amides is 1. The smallest absolute Gasteiger partial charge is 0.222 e. The molecular formula is C22H39NO. The Hall–Kier alpha value is -0.790. The van der Waals surface area contributed by atoms with Crippen molar-refractivity contribution in [2.75, 3.05) is 13.1 Å². The van der Waals surface area contributed by atoms with E-state index in [0.717, 1.165) is 31.8 Å². The molecule has 0 aromatic carbocycles. The molecule has 0 radical (unpaired) electrons. The van der Waals surface area contributed by atoms with Crippen molar-refractivity contribution >= 4 is 5.91 Å². The molecule has 24 heavy (non-hydrogen) atoms. The molecule has 1 saturated heterocycles. The van der Waals surface area contributed by atoms with Gasteiger partial charge in [-0.15, -0.1) is 0 Å². The van der Waals surface area contributed by atoms with E-state index in [2.05, 4.69) is 17.1 Å². The number of likely N-dealkylation sites (tertiary alicyclic amines) is 1. The van der Waals surface area contributed by atoms with Gasteiger partial charge in [0, 0.05) is 19.5 Å². The maximum atomic E-state index is 11.9. The molecule has 0 spiro atoms. The van der Waals surface area contributed by atoms with Gasteiger partial charge < -0.3 is 4.90 Å². The van der Waals surface area contributed by atoms with Crippen LogP contribution in [0.3, 0.4) is 0 Å². The molecule has 2 nitrogen and oxygen atoms in total. The number of unbranched alkanes of at least 4 members (excludes halogenated alkanes) is 9. The Morgan fingerprint density at radius 1 is 0.833 bits per heavy atom. The third-order valence-corrected chi connectivity index (χ3v) is 5.79. The summed E-state index contributed by atoms with van der Waals surface area (Å²) >= 11 is 0. The lowest BCUT2D eigenvalue weighted by atomic mass is 9.99. The fourth-order valence-corrected chi connectivity index (χ4v) is 4.16. The van der Waals surface area contributed by atoms with E-state index < -0.39 is 0 Å². The predicted octanol–water partition coefficient (Wildman–Crippen LogP) is 6.26. The van der Waals surface area contributed by atoms with Crippen LogP contribution in [-0.4, -0.2) is 23.9 Å². The first-order chi connectivity index (χ1) is 11.9. The average molecular weight is 334 g/mol. The fraction of sp³-hybridized carbons (Fsp3) is 0.864. The van der Waals surface area contributed by atoms with Crippen LogP contribution in [0.4, 0.5) is 0 Å². The Morgan fingerprint density at radius 3 is 2.00 bits per heavy atom. The van der Waals surface area contributed by atoms with Gasteiger partial charge in [-0.1, -0.05) is 69.9 Å². The van der Waals surface area contributed by atoms with Crippen LogP contribution >= 0.6 is 0 Å². The van der Waals surface area contributed by atoms with Crippen LogP contribution in [0.15, 0.2) is 12.2 Å². The molecule has 1 heterocycles. The summed E-state index contributed by atoms with van der Waals surface area (Å²) in [6.45, 7) is 2.02. The molecule has 0 aromatic heterocycles. The minimum atomic E-state index is 0.403. The second-order valence-electron chi connectivity index (χ2n) is 7.93. The van der Waals surface area contributed by atoms with Crippen LogP contribution in [0.25, 0.3) is 0 Å². The lowest BCUT2D eigenvalue weighted by molar-refractivity contribution is -0.130. The molecule has 2 heteroatoms. The van der Waals surface area contributed by atoms with Crippen molar-refractivity contribution in [3.8, 4) is 0 Å². The summed E-state index contributed by atoms with van der Waals surface area (Å²) < 4.78 is 0. The van der Waals surface area contributed by atoms with Gasteiger partial charge in [0.05, 0.1) is 0 Å². The second-order valence-corrected chi connectivity index (χ2v) is 7.93. The normalized spacial score (nSPS) is 20.2. The Labute approximate surface area is 150 Å². The van der Waals surface area contributed by atoms with Gasteiger partial charge in [-0.3, -0.25) is 4.79 Å². The zero-order chi connectivity index (χ0) is 16.9. The minimum absolute atomic E-state index is 0.403. The molecular weight excluding hydrogens is 294 g/mol. The largest absolute Gasteiger partial charge is 0.343 e. The summed E-state index contributed by atoms with van der Waals surface area (Å²) in [5, 5.41) is 0. The molecule has 138 valence electrons. The predicted molar refractivity (Wildman–Crippen MR) is 103 cm³/mol. The first-order valence-corrected chi connectivity index (χ1v) is 10.8. The van der Waals surface area contributed by atoms with Crippen LogP contribution in [0.5, 0.6) is 0 Å². The van der Waals surface area contributed by atoms with Crippen molar-refractivity contribution in [3.63, 3.8) is 0 Å². The number of carbonyl (C=O) groups is 1. The Bertz CT molecular complexity index is 357. The average Bonchev–Trinajstić information content (AvgIpc) is 3.29. The van der Waals surface area contributed by atoms with Gasteiger partial charge >= 0.3 is 0 Å². The highest BCUT2D eigenvalue weighted by Crippen LogP contribution is 2.23. The van der Waals surface area contributed by atoms with Crippen molar-refractivity contribution in [2.45, 2.75) is 103 Å². The summed E-state index contributed by atoms with van der Waals surface area (Å²) in [6.07, 6.45) is 25.7. The molecule has 1 atom stereocenters. The van der Waals surface area contributed by atoms with Crippen LogP contribution in [0, 0.1) is 5.92 Å². The number of rotatable bonds is 13. The topological polar surface area (TPSA) is 20.3 Å². The van der Waals surface area contributed by atoms with E-state index >= 15 is 0 Å². The van der Waals surface area contributed by atoms with Gasteiger partial charge in [-0.2, -0.15) is 0 Å². The number of hydrogen-bond donors (Lipinski definition) is 0. The van der Waals surface area contributed by atoms with Crippen molar-refractivity contribution in [1.82, 2.24) is 4.90 Å². The first kappa shape index (κ1) is 19.5. The Balaban J connectivity index is 1.27. The highest BCUT2D eigenvalue weighted by Gasteiger charge is 2.16. The van der Waals surface area contributed by atoms with Crippen LogP contribution in [0.1, 0.15) is 103 Å². The lowest BCUT2D eigenvalue weighted by Crippen LogP contribution is -2.27. The van der Waals surface area contributed by atoms with Crippen molar-refractivity contribution in [1.29, 1.82) is 0 Å². The molecule has 2 rings (SSSR count). The number of carbonyl (C=O) groups excluding carboxylic acids is 1. The number of nitrogens with zero attached hydrogens (tertiary/aromatic N) is 1. The quantitative estimate of drug-likeness (QED) is 0.288. The standard InChI is InChI=1S/C22H39NO/c24-22(23-19-13-14-20-23)18-10-8-6-4-2-1-3-5-7-9-15-21-16-11-12-17-21/h11,16,21H,1-10,12-15,17-20H2. The summed E-state index contributed by atoms with van der Waals surface area (Å²) in [6, 6.07) is 0. The maximum Gasteiger partial charge on any atom is 0.222 e. The highest BCUT2D eigenvalue weighted by molar-refractivity contribution is 5.76. The third kappa shape index (κ3) is 8.35. The van der Waals surface area contributed by atoms with E-state index in [1.807, 2.05) is 0 Å². The van der Waals surface area contributed by atoms with Gasteiger partial charge in [-0.05, 0) is 44.4 Å². The van der Waals surface area contributed by atoms with E-state index in [4.69, 9.17) is 0 Å². The van der Waals surface area contributed by atoms with E-state index in [1.54, 1.807) is 0 Å². The van der Waals surface area contributed by atoms with Gasteiger partial charge in [0.15, 0.2) is 0 Å². The molecule has 0 N–H and O–H groups in total. The molecule has 0 saturated carbocycles. The van der Waals surface area contributed by atoms with Crippen molar-refractivity contribution < 1.29 is 4.79 Å². The molecule has 1 fully saturated rings. The van der Waals surface area contributed by atoms with Gasteiger partial charge in [0.1, 0.15) is 0 Å². The fourth-order valence-electron chi connectivity index (χ4n) is 4.16. The summed E-state index contributed by atoms with van der Waals surface area (Å²) in [5.41, 5.74) is 0. The van der Waals surface area contributed by atoms with Crippen LogP contribution in [-0.2, 0) is 4.79 Å². The highest BCUT2D eigenvalue weighted by atomic mass is 16.2. The van der Waals surface area contributed by atoms with Crippen LogP contribution in [0.2, 0.25) is 0 Å². The molecule has 1 aliphatic carbocycles. The van der Waals surface area contributed by atoms with E-state index in [1.165, 1.54) is 89.9 Å². The zero-order valence-electron chi connectivity index (χ0n) is 15.8. The zero-order valence-corrected chi connectivity index (χ0v) is 15.8. The van der Waals surface area contributed by atoms with Crippen molar-refractivity contribution in [2.24, 2.45) is 5.92 Å². The number of hydrogen-bond acceptors (Lipinski definition) is 1. The van der Waals surface area contributed by atoms with E-state index in [0.29, 0.717) is 5.91 Å². The molecule has 1 amide bonds. The Kier molecular flexibility index (Phi) is 10.2. The number of allylic oxidation sites excluding steroid dienone is 2.